The van der Waals surface area contributed by atoms with Crippen molar-refractivity contribution in [3.8, 4) is 0 Å². The van der Waals surface area contributed by atoms with Gasteiger partial charge in [0.1, 0.15) is 5.78 Å². The van der Waals surface area contributed by atoms with Crippen LogP contribution in [0.5, 0.6) is 0 Å². The van der Waals surface area contributed by atoms with E-state index >= 15 is 0 Å². The van der Waals surface area contributed by atoms with E-state index in [1.54, 1.807) is 0 Å². The number of carboxylic acids is 1. The number of ketones is 1. The van der Waals surface area contributed by atoms with Crippen molar-refractivity contribution in [1.29, 1.82) is 0 Å². The summed E-state index contributed by atoms with van der Waals surface area (Å²) in [6, 6.07) is 7.83. The molecule has 2 atom stereocenters. The highest BCUT2D eigenvalue weighted by molar-refractivity contribution is 9.10. The minimum Gasteiger partial charge on any atom is -0.481 e. The highest BCUT2D eigenvalue weighted by Crippen LogP contribution is 2.31. The lowest BCUT2D eigenvalue weighted by molar-refractivity contribution is -0.145. The van der Waals surface area contributed by atoms with Gasteiger partial charge in [-0.25, -0.2) is 0 Å². The second-order valence-electron chi connectivity index (χ2n) is 4.82. The van der Waals surface area contributed by atoms with Gasteiger partial charge < -0.3 is 5.11 Å². The number of aliphatic carboxylic acids is 1. The number of benzene rings is 1. The molecule has 18 heavy (non-hydrogen) atoms. The third kappa shape index (κ3) is 3.19. The minimum atomic E-state index is -0.774. The maximum atomic E-state index is 11.5. The third-order valence-electron chi connectivity index (χ3n) is 3.52. The largest absolute Gasteiger partial charge is 0.481 e. The fraction of sp³-hybridized carbons (Fsp3) is 0.429. The SMILES string of the molecule is O=C1CCC(C(=O)O)C(Cc2ccc(Br)cc2)C1. The van der Waals surface area contributed by atoms with Crippen LogP contribution in [0.1, 0.15) is 24.8 Å². The average Bonchev–Trinajstić information content (AvgIpc) is 2.32. The van der Waals surface area contributed by atoms with Crippen LogP contribution in [0.25, 0.3) is 0 Å². The van der Waals surface area contributed by atoms with Crippen LogP contribution in [0.4, 0.5) is 0 Å². The lowest BCUT2D eigenvalue weighted by Crippen LogP contribution is -2.32. The number of carbonyl (C=O) groups excluding carboxylic acids is 1. The van der Waals surface area contributed by atoms with E-state index in [1.807, 2.05) is 24.3 Å². The number of carbonyl (C=O) groups is 2. The Morgan fingerprint density at radius 3 is 2.61 bits per heavy atom. The van der Waals surface area contributed by atoms with Crippen LogP contribution >= 0.6 is 15.9 Å². The fourth-order valence-electron chi connectivity index (χ4n) is 2.55. The summed E-state index contributed by atoms with van der Waals surface area (Å²) >= 11 is 3.37. The monoisotopic (exact) mass is 310 g/mol. The second kappa shape index (κ2) is 5.65. The molecular weight excluding hydrogens is 296 g/mol. The van der Waals surface area contributed by atoms with E-state index < -0.39 is 5.97 Å². The number of carboxylic acid groups (broad SMARTS) is 1. The summed E-state index contributed by atoms with van der Waals surface area (Å²) in [5.41, 5.74) is 1.09. The predicted molar refractivity (Wildman–Crippen MR) is 71.3 cm³/mol. The Hall–Kier alpha value is -1.16. The number of hydrogen-bond donors (Lipinski definition) is 1. The average molecular weight is 311 g/mol. The van der Waals surface area contributed by atoms with Crippen LogP contribution < -0.4 is 0 Å². The van der Waals surface area contributed by atoms with Crippen molar-refractivity contribution in [2.24, 2.45) is 11.8 Å². The van der Waals surface area contributed by atoms with Gasteiger partial charge in [0.25, 0.3) is 0 Å². The standard InChI is InChI=1S/C14H15BrO3/c15-11-3-1-9(2-4-11)7-10-8-12(16)5-6-13(10)14(17)18/h1-4,10,13H,5-8H2,(H,17,18). The first kappa shape index (κ1) is 13.3. The summed E-state index contributed by atoms with van der Waals surface area (Å²) in [6.45, 7) is 0. The Balaban J connectivity index is 2.11. The van der Waals surface area contributed by atoms with Gasteiger partial charge in [0.05, 0.1) is 5.92 Å². The molecule has 2 rings (SSSR count). The molecule has 0 bridgehead atoms. The van der Waals surface area contributed by atoms with Gasteiger partial charge in [0, 0.05) is 17.3 Å². The first-order valence-electron chi connectivity index (χ1n) is 6.05. The Labute approximate surface area is 114 Å². The molecule has 1 aromatic rings. The van der Waals surface area contributed by atoms with Crippen LogP contribution in [0.3, 0.4) is 0 Å². The molecule has 1 saturated carbocycles. The van der Waals surface area contributed by atoms with Gasteiger partial charge in [-0.2, -0.15) is 0 Å². The molecule has 3 nitrogen and oxygen atoms in total. The van der Waals surface area contributed by atoms with E-state index in [0.29, 0.717) is 25.7 Å². The Morgan fingerprint density at radius 2 is 2.00 bits per heavy atom. The smallest absolute Gasteiger partial charge is 0.306 e. The molecular formula is C14H15BrO3. The second-order valence-corrected chi connectivity index (χ2v) is 5.73. The van der Waals surface area contributed by atoms with Crippen LogP contribution in [0.2, 0.25) is 0 Å². The third-order valence-corrected chi connectivity index (χ3v) is 4.05. The molecule has 4 heteroatoms. The van der Waals surface area contributed by atoms with Crippen molar-refractivity contribution in [1.82, 2.24) is 0 Å². The van der Waals surface area contributed by atoms with E-state index in [0.717, 1.165) is 10.0 Å². The van der Waals surface area contributed by atoms with Crippen LogP contribution in [-0.4, -0.2) is 16.9 Å². The summed E-state index contributed by atoms with van der Waals surface area (Å²) in [5, 5.41) is 9.20. The first-order valence-corrected chi connectivity index (χ1v) is 6.84. The quantitative estimate of drug-likeness (QED) is 0.933. The van der Waals surface area contributed by atoms with Gasteiger partial charge in [0.15, 0.2) is 0 Å². The summed E-state index contributed by atoms with van der Waals surface area (Å²) in [4.78, 5) is 22.7. The van der Waals surface area contributed by atoms with Gasteiger partial charge in [-0.05, 0) is 36.5 Å². The van der Waals surface area contributed by atoms with Gasteiger partial charge in [-0.1, -0.05) is 28.1 Å². The molecule has 0 heterocycles. The zero-order valence-corrected chi connectivity index (χ0v) is 11.5. The number of rotatable bonds is 3. The van der Waals surface area contributed by atoms with Crippen molar-refractivity contribution in [2.75, 3.05) is 0 Å². The van der Waals surface area contributed by atoms with E-state index in [2.05, 4.69) is 15.9 Å². The van der Waals surface area contributed by atoms with Gasteiger partial charge in [-0.15, -0.1) is 0 Å². The van der Waals surface area contributed by atoms with Crippen molar-refractivity contribution in [2.45, 2.75) is 25.7 Å². The molecule has 0 aromatic heterocycles. The normalized spacial score (nSPS) is 23.9. The predicted octanol–water partition coefficient (Wildman–Crippen LogP) is 3.06. The molecule has 96 valence electrons. The molecule has 1 fully saturated rings. The molecule has 0 aliphatic heterocycles. The molecule has 0 spiro atoms. The highest BCUT2D eigenvalue weighted by atomic mass is 79.9. The van der Waals surface area contributed by atoms with Crippen molar-refractivity contribution in [3.63, 3.8) is 0 Å². The Morgan fingerprint density at radius 1 is 1.33 bits per heavy atom. The summed E-state index contributed by atoms with van der Waals surface area (Å²) in [5.74, 6) is -1.03. The Bertz CT molecular complexity index is 453. The lowest BCUT2D eigenvalue weighted by atomic mass is 9.75. The molecule has 1 aromatic carbocycles. The molecule has 0 radical (unpaired) electrons. The Kier molecular flexibility index (Phi) is 4.17. The lowest BCUT2D eigenvalue weighted by Gasteiger charge is -2.27. The zero-order valence-electron chi connectivity index (χ0n) is 9.93. The number of halogens is 1. The maximum Gasteiger partial charge on any atom is 0.306 e. The summed E-state index contributed by atoms with van der Waals surface area (Å²) in [6.07, 6.45) is 1.95. The zero-order chi connectivity index (χ0) is 13.1. The van der Waals surface area contributed by atoms with Crippen molar-refractivity contribution < 1.29 is 14.7 Å². The van der Waals surface area contributed by atoms with E-state index in [4.69, 9.17) is 0 Å². The van der Waals surface area contributed by atoms with Gasteiger partial charge in [-0.3, -0.25) is 9.59 Å². The van der Waals surface area contributed by atoms with Crippen LogP contribution in [0.15, 0.2) is 28.7 Å². The molecule has 2 unspecified atom stereocenters. The number of Topliss-reactive ketones (excluding diaryl/α,β-unsaturated/α-hetero) is 1. The fourth-order valence-corrected chi connectivity index (χ4v) is 2.82. The van der Waals surface area contributed by atoms with E-state index in [9.17, 15) is 14.7 Å². The van der Waals surface area contributed by atoms with Crippen LogP contribution in [0, 0.1) is 11.8 Å². The van der Waals surface area contributed by atoms with E-state index in [1.165, 1.54) is 0 Å². The van der Waals surface area contributed by atoms with Gasteiger partial charge >= 0.3 is 5.97 Å². The van der Waals surface area contributed by atoms with Crippen molar-refractivity contribution >= 4 is 27.7 Å². The van der Waals surface area contributed by atoms with E-state index in [-0.39, 0.29) is 17.6 Å². The maximum absolute atomic E-state index is 11.5. The summed E-state index contributed by atoms with van der Waals surface area (Å²) < 4.78 is 1.00. The topological polar surface area (TPSA) is 54.4 Å². The van der Waals surface area contributed by atoms with Crippen LogP contribution in [-0.2, 0) is 16.0 Å². The molecule has 0 amide bonds. The molecule has 1 N–H and O–H groups in total. The highest BCUT2D eigenvalue weighted by Gasteiger charge is 2.34. The van der Waals surface area contributed by atoms with Crippen molar-refractivity contribution in [3.05, 3.63) is 34.3 Å². The van der Waals surface area contributed by atoms with Gasteiger partial charge in [0.2, 0.25) is 0 Å². The minimum absolute atomic E-state index is 0.0649. The number of hydrogen-bond acceptors (Lipinski definition) is 2. The summed E-state index contributed by atoms with van der Waals surface area (Å²) in [7, 11) is 0. The molecule has 0 saturated heterocycles. The first-order chi connectivity index (χ1) is 8.56. The molecule has 1 aliphatic rings. The molecule has 1 aliphatic carbocycles.